The first-order valence-electron chi connectivity index (χ1n) is 8.34. The first-order chi connectivity index (χ1) is 9.84. The lowest BCUT2D eigenvalue weighted by molar-refractivity contribution is 0.209. The van der Waals surface area contributed by atoms with Gasteiger partial charge in [0.15, 0.2) is 0 Å². The largest absolute Gasteiger partial charge is 0.313 e. The Hall–Kier alpha value is -0.860. The van der Waals surface area contributed by atoms with E-state index in [-0.39, 0.29) is 0 Å². The molecular weight excluding hydrogens is 244 g/mol. The molecule has 112 valence electrons. The van der Waals surface area contributed by atoms with Crippen molar-refractivity contribution in [3.63, 3.8) is 0 Å². The molecule has 2 heteroatoms. The number of piperidine rings is 1. The van der Waals surface area contributed by atoms with E-state index >= 15 is 0 Å². The minimum atomic E-state index is 0.629. The van der Waals surface area contributed by atoms with Gasteiger partial charge >= 0.3 is 0 Å². The lowest BCUT2D eigenvalue weighted by Gasteiger charge is -2.29. The lowest BCUT2D eigenvalue weighted by atomic mass is 10.1. The molecule has 0 amide bonds. The normalized spacial score (nSPS) is 18.1. The Labute approximate surface area is 124 Å². The molecule has 1 fully saturated rings. The van der Waals surface area contributed by atoms with Gasteiger partial charge in [0.1, 0.15) is 0 Å². The number of benzene rings is 1. The number of hydrogen-bond donors (Lipinski definition) is 1. The predicted molar refractivity (Wildman–Crippen MR) is 87.1 cm³/mol. The van der Waals surface area contributed by atoms with Crippen LogP contribution in [-0.2, 0) is 6.42 Å². The molecule has 1 heterocycles. The molecule has 1 aliphatic rings. The van der Waals surface area contributed by atoms with Gasteiger partial charge in [-0.3, -0.25) is 0 Å². The van der Waals surface area contributed by atoms with Gasteiger partial charge in [0, 0.05) is 12.6 Å². The minimum absolute atomic E-state index is 0.629. The average Bonchev–Trinajstić information content (AvgIpc) is 2.49. The highest BCUT2D eigenvalue weighted by Crippen LogP contribution is 2.09. The summed E-state index contributed by atoms with van der Waals surface area (Å²) in [5.41, 5.74) is 1.47. The van der Waals surface area contributed by atoms with E-state index in [9.17, 15) is 0 Å². The Morgan fingerprint density at radius 2 is 1.80 bits per heavy atom. The van der Waals surface area contributed by atoms with E-state index in [1.807, 2.05) is 0 Å². The molecule has 0 saturated carbocycles. The molecule has 1 unspecified atom stereocenters. The van der Waals surface area contributed by atoms with Crippen molar-refractivity contribution in [2.24, 2.45) is 0 Å². The molecule has 2 nitrogen and oxygen atoms in total. The summed E-state index contributed by atoms with van der Waals surface area (Å²) in [7, 11) is 0. The van der Waals surface area contributed by atoms with Crippen LogP contribution >= 0.6 is 0 Å². The Morgan fingerprint density at radius 3 is 2.55 bits per heavy atom. The van der Waals surface area contributed by atoms with Crippen LogP contribution < -0.4 is 5.32 Å². The third kappa shape index (κ3) is 6.06. The highest BCUT2D eigenvalue weighted by molar-refractivity contribution is 5.14. The molecule has 2 rings (SSSR count). The number of nitrogens with zero attached hydrogens (tertiary/aromatic N) is 1. The molecule has 1 saturated heterocycles. The molecule has 20 heavy (non-hydrogen) atoms. The van der Waals surface area contributed by atoms with E-state index in [4.69, 9.17) is 0 Å². The van der Waals surface area contributed by atoms with E-state index in [0.29, 0.717) is 6.04 Å². The van der Waals surface area contributed by atoms with Crippen molar-refractivity contribution < 1.29 is 0 Å². The van der Waals surface area contributed by atoms with Gasteiger partial charge in [0.2, 0.25) is 0 Å². The van der Waals surface area contributed by atoms with Crippen molar-refractivity contribution in [2.75, 3.05) is 26.2 Å². The smallest absolute Gasteiger partial charge is 0.0166 e. The second-order valence-electron chi connectivity index (χ2n) is 6.16. The van der Waals surface area contributed by atoms with Crippen molar-refractivity contribution in [1.29, 1.82) is 0 Å². The zero-order valence-electron chi connectivity index (χ0n) is 13.0. The van der Waals surface area contributed by atoms with Crippen LogP contribution in [-0.4, -0.2) is 37.1 Å². The quantitative estimate of drug-likeness (QED) is 0.730. The van der Waals surface area contributed by atoms with Gasteiger partial charge in [-0.15, -0.1) is 0 Å². The van der Waals surface area contributed by atoms with Gasteiger partial charge in [0.25, 0.3) is 0 Å². The minimum Gasteiger partial charge on any atom is -0.313 e. The predicted octanol–water partition coefficient (Wildman–Crippen LogP) is 3.47. The molecule has 0 aliphatic carbocycles. The Morgan fingerprint density at radius 1 is 1.05 bits per heavy atom. The summed E-state index contributed by atoms with van der Waals surface area (Å²) in [5.74, 6) is 0. The molecule has 1 aromatic rings. The van der Waals surface area contributed by atoms with Crippen LogP contribution in [0.15, 0.2) is 30.3 Å². The molecule has 0 radical (unpaired) electrons. The molecule has 0 bridgehead atoms. The third-order valence-corrected chi connectivity index (χ3v) is 4.21. The van der Waals surface area contributed by atoms with Crippen LogP contribution in [0.1, 0.15) is 44.6 Å². The van der Waals surface area contributed by atoms with Gasteiger partial charge in [0.05, 0.1) is 0 Å². The van der Waals surface area contributed by atoms with E-state index in [2.05, 4.69) is 47.5 Å². The molecule has 1 N–H and O–H groups in total. The zero-order chi connectivity index (χ0) is 14.0. The molecule has 0 spiro atoms. The maximum atomic E-state index is 3.67. The SMILES string of the molecule is CC(CN1CCCCC1)NCCCCc1ccccc1. The highest BCUT2D eigenvalue weighted by Gasteiger charge is 2.12. The summed E-state index contributed by atoms with van der Waals surface area (Å²) in [5, 5.41) is 3.67. The van der Waals surface area contributed by atoms with Crippen LogP contribution in [0.4, 0.5) is 0 Å². The Bertz CT molecular complexity index is 344. The maximum Gasteiger partial charge on any atom is 0.0166 e. The van der Waals surface area contributed by atoms with Crippen LogP contribution in [0.5, 0.6) is 0 Å². The molecule has 1 atom stereocenters. The monoisotopic (exact) mass is 274 g/mol. The molecule has 1 aliphatic heterocycles. The fraction of sp³-hybridized carbons (Fsp3) is 0.667. The van der Waals surface area contributed by atoms with Gasteiger partial charge in [-0.2, -0.15) is 0 Å². The lowest BCUT2D eigenvalue weighted by Crippen LogP contribution is -2.41. The van der Waals surface area contributed by atoms with Crippen molar-refractivity contribution in [2.45, 2.75) is 51.5 Å². The number of unbranched alkanes of at least 4 members (excludes halogenated alkanes) is 1. The molecule has 1 aromatic carbocycles. The average molecular weight is 274 g/mol. The first kappa shape index (κ1) is 15.5. The Balaban J connectivity index is 1.50. The highest BCUT2D eigenvalue weighted by atomic mass is 15.1. The van der Waals surface area contributed by atoms with Crippen molar-refractivity contribution in [1.82, 2.24) is 10.2 Å². The molecular formula is C18H30N2. The second kappa shape index (κ2) is 9.15. The van der Waals surface area contributed by atoms with E-state index in [1.54, 1.807) is 0 Å². The van der Waals surface area contributed by atoms with Crippen molar-refractivity contribution in [3.05, 3.63) is 35.9 Å². The first-order valence-corrected chi connectivity index (χ1v) is 8.34. The summed E-state index contributed by atoms with van der Waals surface area (Å²) in [4.78, 5) is 2.62. The van der Waals surface area contributed by atoms with Gasteiger partial charge in [-0.25, -0.2) is 0 Å². The van der Waals surface area contributed by atoms with Crippen LogP contribution in [0.25, 0.3) is 0 Å². The summed E-state index contributed by atoms with van der Waals surface area (Å²) in [6.07, 6.45) is 7.99. The zero-order valence-corrected chi connectivity index (χ0v) is 13.0. The fourth-order valence-electron chi connectivity index (χ4n) is 3.04. The van der Waals surface area contributed by atoms with E-state index < -0.39 is 0 Å². The number of likely N-dealkylation sites (tertiary alicyclic amines) is 1. The number of nitrogens with one attached hydrogen (secondary N) is 1. The van der Waals surface area contributed by atoms with Gasteiger partial charge in [-0.05, 0) is 64.2 Å². The van der Waals surface area contributed by atoms with Crippen molar-refractivity contribution in [3.8, 4) is 0 Å². The van der Waals surface area contributed by atoms with Crippen molar-refractivity contribution >= 4 is 0 Å². The van der Waals surface area contributed by atoms with Gasteiger partial charge < -0.3 is 10.2 Å². The second-order valence-corrected chi connectivity index (χ2v) is 6.16. The standard InChI is InChI=1S/C18H30N2/c1-17(16-20-14-8-3-9-15-20)19-13-7-6-12-18-10-4-2-5-11-18/h2,4-5,10-11,17,19H,3,6-9,12-16H2,1H3. The van der Waals surface area contributed by atoms with Crippen LogP contribution in [0.3, 0.4) is 0 Å². The fourth-order valence-corrected chi connectivity index (χ4v) is 3.04. The van der Waals surface area contributed by atoms with Crippen LogP contribution in [0, 0.1) is 0 Å². The summed E-state index contributed by atoms with van der Waals surface area (Å²) in [6, 6.07) is 11.4. The topological polar surface area (TPSA) is 15.3 Å². The number of aryl methyl sites for hydroxylation is 1. The molecule has 0 aromatic heterocycles. The van der Waals surface area contributed by atoms with E-state index in [1.165, 1.54) is 63.7 Å². The van der Waals surface area contributed by atoms with E-state index in [0.717, 1.165) is 6.54 Å². The number of hydrogen-bond acceptors (Lipinski definition) is 2. The van der Waals surface area contributed by atoms with Gasteiger partial charge in [-0.1, -0.05) is 36.8 Å². The van der Waals surface area contributed by atoms with Crippen LogP contribution in [0.2, 0.25) is 0 Å². The summed E-state index contributed by atoms with van der Waals surface area (Å²) in [6.45, 7) is 7.31. The Kier molecular flexibility index (Phi) is 7.10. The maximum absolute atomic E-state index is 3.67. The summed E-state index contributed by atoms with van der Waals surface area (Å²) < 4.78 is 0. The summed E-state index contributed by atoms with van der Waals surface area (Å²) >= 11 is 0. The third-order valence-electron chi connectivity index (χ3n) is 4.21. The number of rotatable bonds is 8.